The summed E-state index contributed by atoms with van der Waals surface area (Å²) in [6.45, 7) is 27.0. The monoisotopic (exact) mass is 412 g/mol. The van der Waals surface area contributed by atoms with Crippen molar-refractivity contribution in [2.75, 3.05) is 19.6 Å². The molecule has 0 saturated carbocycles. The molecule has 1 aromatic carbocycles. The average molecular weight is 413 g/mol. The van der Waals surface area contributed by atoms with Crippen molar-refractivity contribution in [3.05, 3.63) is 73.6 Å². The van der Waals surface area contributed by atoms with E-state index >= 15 is 0 Å². The summed E-state index contributed by atoms with van der Waals surface area (Å²) in [5.74, 6) is 0. The fourth-order valence-electron chi connectivity index (χ4n) is 2.34. The number of benzene rings is 1. The van der Waals surface area contributed by atoms with Gasteiger partial charge in [-0.15, -0.1) is 13.2 Å². The van der Waals surface area contributed by atoms with Crippen LogP contribution in [-0.4, -0.2) is 37.6 Å². The fraction of sp³-hybridized carbons (Fsp3) is 0.462. The Balaban J connectivity index is 0. The van der Waals surface area contributed by atoms with Gasteiger partial charge in [0, 0.05) is 18.5 Å². The summed E-state index contributed by atoms with van der Waals surface area (Å²) < 4.78 is 0. The van der Waals surface area contributed by atoms with Gasteiger partial charge >= 0.3 is 0 Å². The minimum atomic E-state index is 0.0628. The average Bonchev–Trinajstić information content (AvgIpc) is 2.82. The van der Waals surface area contributed by atoms with Gasteiger partial charge in [-0.3, -0.25) is 9.98 Å². The van der Waals surface area contributed by atoms with Crippen LogP contribution < -0.4 is 10.6 Å². The maximum atomic E-state index is 4.45. The van der Waals surface area contributed by atoms with Crippen LogP contribution in [0.5, 0.6) is 0 Å². The quantitative estimate of drug-likeness (QED) is 0.490. The van der Waals surface area contributed by atoms with Gasteiger partial charge in [-0.25, -0.2) is 0 Å². The third kappa shape index (κ3) is 13.5. The van der Waals surface area contributed by atoms with Gasteiger partial charge in [0.15, 0.2) is 0 Å². The van der Waals surface area contributed by atoms with Crippen molar-refractivity contribution in [3.63, 3.8) is 0 Å². The van der Waals surface area contributed by atoms with Gasteiger partial charge in [-0.05, 0) is 18.9 Å². The van der Waals surface area contributed by atoms with Gasteiger partial charge in [0.1, 0.15) is 0 Å². The predicted octanol–water partition coefficient (Wildman–Crippen LogP) is 5.98. The summed E-state index contributed by atoms with van der Waals surface area (Å²) in [6, 6.07) is 10.4. The Bertz CT molecular complexity index is 615. The summed E-state index contributed by atoms with van der Waals surface area (Å²) >= 11 is 0. The highest BCUT2D eigenvalue weighted by atomic mass is 15.0. The molecule has 0 spiro atoms. The zero-order valence-corrected chi connectivity index (χ0v) is 20.0. The molecule has 1 aliphatic heterocycles. The summed E-state index contributed by atoms with van der Waals surface area (Å²) in [4.78, 5) is 8.71. The Hall–Kier alpha value is -2.62. The molecule has 1 aromatic rings. The normalized spacial score (nSPS) is 12.2. The van der Waals surface area contributed by atoms with E-state index < -0.39 is 0 Å². The van der Waals surface area contributed by atoms with E-state index in [0.29, 0.717) is 0 Å². The second kappa shape index (κ2) is 21.1. The van der Waals surface area contributed by atoms with E-state index in [-0.39, 0.29) is 6.04 Å². The maximum Gasteiger partial charge on any atom is 0.0978 e. The number of nitrogens with zero attached hydrogens (tertiary/aromatic N) is 2. The van der Waals surface area contributed by atoms with E-state index in [9.17, 15) is 0 Å². The smallest absolute Gasteiger partial charge is 0.0978 e. The summed E-state index contributed by atoms with van der Waals surface area (Å²) in [7, 11) is 0. The van der Waals surface area contributed by atoms with E-state index in [2.05, 4.69) is 92.0 Å². The second-order valence-corrected chi connectivity index (χ2v) is 6.22. The van der Waals surface area contributed by atoms with Crippen LogP contribution in [-0.2, 0) is 6.42 Å². The number of nitrogens with one attached hydrogen (secondary N) is 2. The van der Waals surface area contributed by atoms with Crippen LogP contribution in [0, 0.1) is 0 Å². The number of hydrogen-bond acceptors (Lipinski definition) is 4. The number of hydrogen-bond donors (Lipinski definition) is 2. The molecule has 168 valence electrons. The highest BCUT2D eigenvalue weighted by molar-refractivity contribution is 6.38. The van der Waals surface area contributed by atoms with Crippen molar-refractivity contribution in [3.8, 4) is 0 Å². The molecule has 1 aliphatic rings. The number of allylic oxidation sites excluding steroid dienone is 1. The Morgan fingerprint density at radius 1 is 1.00 bits per heavy atom. The fourth-order valence-corrected chi connectivity index (χ4v) is 2.34. The van der Waals surface area contributed by atoms with Crippen molar-refractivity contribution in [1.29, 1.82) is 0 Å². The Morgan fingerprint density at radius 3 is 2.07 bits per heavy atom. The number of rotatable bonds is 9. The first-order valence-corrected chi connectivity index (χ1v) is 11.1. The van der Waals surface area contributed by atoms with Crippen LogP contribution in [0.25, 0.3) is 0 Å². The summed E-state index contributed by atoms with van der Waals surface area (Å²) in [5, 5.41) is 6.74. The van der Waals surface area contributed by atoms with Crippen LogP contribution in [0.2, 0.25) is 0 Å². The molecule has 4 heteroatoms. The molecule has 2 N–H and O–H groups in total. The third-order valence-corrected chi connectivity index (χ3v) is 3.99. The Labute approximate surface area is 186 Å². The zero-order valence-electron chi connectivity index (χ0n) is 20.0. The molecule has 0 fully saturated rings. The molecule has 0 aromatic heterocycles. The lowest BCUT2D eigenvalue weighted by Crippen LogP contribution is -2.39. The first-order valence-electron chi connectivity index (χ1n) is 11.1. The molecule has 2 rings (SSSR count). The molecule has 1 atom stereocenters. The second-order valence-electron chi connectivity index (χ2n) is 6.22. The lowest BCUT2D eigenvalue weighted by atomic mass is 10.0. The summed E-state index contributed by atoms with van der Waals surface area (Å²) in [6.07, 6.45) is 5.27. The van der Waals surface area contributed by atoms with Gasteiger partial charge in [0.05, 0.1) is 30.5 Å². The molecule has 0 aliphatic carbocycles. The SMILES string of the molecule is C=C.C=C(NC(Cc1ccccc1)C(=C)NCC)C1=NCCN=C1.CC.CCCC. The number of aliphatic imine (C=N–C) groups is 2. The van der Waals surface area contributed by atoms with Crippen LogP contribution in [0.4, 0.5) is 0 Å². The van der Waals surface area contributed by atoms with Crippen molar-refractivity contribution < 1.29 is 0 Å². The molecule has 4 nitrogen and oxygen atoms in total. The molecule has 1 heterocycles. The van der Waals surface area contributed by atoms with Gasteiger partial charge in [0.2, 0.25) is 0 Å². The molecule has 1 unspecified atom stereocenters. The zero-order chi connectivity index (χ0) is 23.2. The van der Waals surface area contributed by atoms with Gasteiger partial charge in [0.25, 0.3) is 0 Å². The molecule has 0 bridgehead atoms. The standard InChI is InChI=1S/C18H24N4.C4H10.C2H6.C2H4/c1-4-20-14(2)17(12-16-8-6-5-7-9-16)22-15(3)18-13-19-10-11-21-18;1-3-4-2;2*1-2/h5-9,13,17,20,22H,2-4,10-12H2,1H3;3-4H2,1-2H3;1-2H3;1-2H2. The lowest BCUT2D eigenvalue weighted by Gasteiger charge is -2.24. The van der Waals surface area contributed by atoms with Gasteiger partial charge in [-0.2, -0.15) is 0 Å². The van der Waals surface area contributed by atoms with E-state index in [1.54, 1.807) is 6.21 Å². The predicted molar refractivity (Wildman–Crippen MR) is 138 cm³/mol. The van der Waals surface area contributed by atoms with E-state index in [1.807, 2.05) is 19.9 Å². The van der Waals surface area contributed by atoms with Crippen molar-refractivity contribution in [2.24, 2.45) is 9.98 Å². The van der Waals surface area contributed by atoms with Crippen molar-refractivity contribution in [2.45, 2.75) is 59.9 Å². The molecule has 0 amide bonds. The number of unbranched alkanes of at least 4 members (excludes halogenated alkanes) is 1. The van der Waals surface area contributed by atoms with E-state index in [4.69, 9.17) is 0 Å². The molecule has 0 radical (unpaired) electrons. The van der Waals surface area contributed by atoms with Gasteiger partial charge < -0.3 is 10.6 Å². The topological polar surface area (TPSA) is 48.8 Å². The molecular formula is C26H44N4. The molecule has 30 heavy (non-hydrogen) atoms. The molecule has 0 saturated heterocycles. The minimum Gasteiger partial charge on any atom is -0.387 e. The first kappa shape index (κ1) is 29.6. The largest absolute Gasteiger partial charge is 0.387 e. The van der Waals surface area contributed by atoms with Gasteiger partial charge in [-0.1, -0.05) is 84.0 Å². The number of likely N-dealkylation sites (N-methyl/N-ethyl adjacent to an activating group) is 1. The highest BCUT2D eigenvalue weighted by Gasteiger charge is 2.16. The summed E-state index contributed by atoms with van der Waals surface area (Å²) in [5.41, 5.74) is 3.84. The van der Waals surface area contributed by atoms with Crippen molar-refractivity contribution >= 4 is 11.9 Å². The van der Waals surface area contributed by atoms with Crippen LogP contribution in [0.1, 0.15) is 53.0 Å². The Kier molecular flexibility index (Phi) is 20.8. The van der Waals surface area contributed by atoms with Crippen LogP contribution in [0.15, 0.2) is 78.0 Å². The molecular weight excluding hydrogens is 368 g/mol. The van der Waals surface area contributed by atoms with Crippen LogP contribution >= 0.6 is 0 Å². The first-order chi connectivity index (χ1) is 14.6. The van der Waals surface area contributed by atoms with E-state index in [1.165, 1.54) is 18.4 Å². The highest BCUT2D eigenvalue weighted by Crippen LogP contribution is 2.10. The Morgan fingerprint density at radius 2 is 1.60 bits per heavy atom. The lowest BCUT2D eigenvalue weighted by molar-refractivity contribution is 0.602. The maximum absolute atomic E-state index is 4.45. The third-order valence-electron chi connectivity index (χ3n) is 3.99. The van der Waals surface area contributed by atoms with Crippen molar-refractivity contribution in [1.82, 2.24) is 10.6 Å². The minimum absolute atomic E-state index is 0.0628. The van der Waals surface area contributed by atoms with Crippen LogP contribution in [0.3, 0.4) is 0 Å². The van der Waals surface area contributed by atoms with E-state index in [0.717, 1.165) is 43.2 Å².